The van der Waals surface area contributed by atoms with Crippen molar-refractivity contribution in [2.24, 2.45) is 0 Å². The van der Waals surface area contributed by atoms with Gasteiger partial charge in [-0.25, -0.2) is 0 Å². The first-order valence-corrected chi connectivity index (χ1v) is 7.42. The Kier molecular flexibility index (Phi) is 4.41. The molecule has 0 aliphatic rings. The number of benzene rings is 2. The maximum Gasteiger partial charge on any atom is 0.165 e. The molecule has 0 fully saturated rings. The first-order chi connectivity index (χ1) is 10.0. The highest BCUT2D eigenvalue weighted by atomic mass is 16.3. The summed E-state index contributed by atoms with van der Waals surface area (Å²) in [5.74, 6) is -0.170. The van der Waals surface area contributed by atoms with Gasteiger partial charge in [0.15, 0.2) is 11.5 Å². The summed E-state index contributed by atoms with van der Waals surface area (Å²) in [6.07, 6.45) is 2.46. The van der Waals surface area contributed by atoms with Crippen molar-refractivity contribution in [3.05, 3.63) is 41.0 Å². The van der Waals surface area contributed by atoms with E-state index in [2.05, 4.69) is 13.8 Å². The fourth-order valence-corrected chi connectivity index (χ4v) is 2.92. The van der Waals surface area contributed by atoms with Gasteiger partial charge in [0.25, 0.3) is 0 Å². The van der Waals surface area contributed by atoms with Gasteiger partial charge in [-0.2, -0.15) is 0 Å². The van der Waals surface area contributed by atoms with E-state index in [-0.39, 0.29) is 17.2 Å². The van der Waals surface area contributed by atoms with Gasteiger partial charge >= 0.3 is 0 Å². The molecule has 3 nitrogen and oxygen atoms in total. The molecule has 21 heavy (non-hydrogen) atoms. The zero-order valence-electron chi connectivity index (χ0n) is 12.8. The van der Waals surface area contributed by atoms with Gasteiger partial charge < -0.3 is 15.3 Å². The van der Waals surface area contributed by atoms with Crippen molar-refractivity contribution in [2.75, 3.05) is 0 Å². The third-order valence-corrected chi connectivity index (χ3v) is 4.00. The second kappa shape index (κ2) is 6.08. The highest BCUT2D eigenvalue weighted by Crippen LogP contribution is 2.43. The number of phenolic OH excluding ortho intramolecular Hbond substituents is 3. The van der Waals surface area contributed by atoms with E-state index < -0.39 is 0 Å². The van der Waals surface area contributed by atoms with Crippen LogP contribution < -0.4 is 0 Å². The average Bonchev–Trinajstić information content (AvgIpc) is 2.49. The first kappa shape index (κ1) is 15.2. The SMILES string of the molecule is CCc1cc(-c2cccc(O)c2O)c(O)c(CC)c1CC. The first-order valence-electron chi connectivity index (χ1n) is 7.42. The molecule has 0 radical (unpaired) electrons. The molecule has 0 aliphatic heterocycles. The van der Waals surface area contributed by atoms with Crippen LogP contribution in [-0.2, 0) is 19.3 Å². The van der Waals surface area contributed by atoms with Crippen LogP contribution in [0.15, 0.2) is 24.3 Å². The van der Waals surface area contributed by atoms with Crippen LogP contribution in [0.3, 0.4) is 0 Å². The number of hydrogen-bond acceptors (Lipinski definition) is 3. The third kappa shape index (κ3) is 2.56. The lowest BCUT2D eigenvalue weighted by Gasteiger charge is -2.18. The summed E-state index contributed by atoms with van der Waals surface area (Å²) in [5.41, 5.74) is 4.31. The minimum Gasteiger partial charge on any atom is -0.507 e. The van der Waals surface area contributed by atoms with Gasteiger partial charge in [-0.3, -0.25) is 0 Å². The van der Waals surface area contributed by atoms with Crippen LogP contribution in [0, 0.1) is 0 Å². The van der Waals surface area contributed by atoms with Crippen molar-refractivity contribution in [1.82, 2.24) is 0 Å². The number of para-hydroxylation sites is 1. The summed E-state index contributed by atoms with van der Waals surface area (Å²) in [4.78, 5) is 0. The fraction of sp³-hybridized carbons (Fsp3) is 0.333. The molecule has 2 aromatic rings. The Morgan fingerprint density at radius 1 is 0.762 bits per heavy atom. The van der Waals surface area contributed by atoms with Crippen LogP contribution in [0.5, 0.6) is 17.2 Å². The highest BCUT2D eigenvalue weighted by Gasteiger charge is 2.18. The lowest BCUT2D eigenvalue weighted by atomic mass is 9.89. The van der Waals surface area contributed by atoms with Crippen LogP contribution in [-0.4, -0.2) is 15.3 Å². The molecule has 0 aliphatic carbocycles. The summed E-state index contributed by atoms with van der Waals surface area (Å²) in [6, 6.07) is 6.71. The fourth-order valence-electron chi connectivity index (χ4n) is 2.92. The molecule has 0 spiro atoms. The van der Waals surface area contributed by atoms with Crippen molar-refractivity contribution in [2.45, 2.75) is 40.0 Å². The second-order valence-electron chi connectivity index (χ2n) is 5.12. The van der Waals surface area contributed by atoms with E-state index in [0.29, 0.717) is 11.1 Å². The molecule has 2 rings (SSSR count). The van der Waals surface area contributed by atoms with Gasteiger partial charge in [-0.15, -0.1) is 0 Å². The van der Waals surface area contributed by atoms with E-state index in [9.17, 15) is 15.3 Å². The molecule has 0 saturated carbocycles. The van der Waals surface area contributed by atoms with Crippen molar-refractivity contribution in [3.8, 4) is 28.4 Å². The number of aromatic hydroxyl groups is 3. The Bertz CT molecular complexity index is 660. The number of hydrogen-bond donors (Lipinski definition) is 3. The molecular formula is C18H22O3. The quantitative estimate of drug-likeness (QED) is 0.740. The van der Waals surface area contributed by atoms with E-state index in [1.165, 1.54) is 17.2 Å². The van der Waals surface area contributed by atoms with Crippen molar-refractivity contribution in [3.63, 3.8) is 0 Å². The molecule has 3 N–H and O–H groups in total. The molecule has 0 saturated heterocycles. The Hall–Kier alpha value is -2.16. The highest BCUT2D eigenvalue weighted by molar-refractivity contribution is 5.80. The van der Waals surface area contributed by atoms with E-state index in [1.54, 1.807) is 12.1 Å². The van der Waals surface area contributed by atoms with Crippen LogP contribution in [0.1, 0.15) is 37.5 Å². The number of rotatable bonds is 4. The number of aryl methyl sites for hydroxylation is 1. The minimum atomic E-state index is -0.193. The van der Waals surface area contributed by atoms with Crippen LogP contribution in [0.25, 0.3) is 11.1 Å². The zero-order chi connectivity index (χ0) is 15.6. The van der Waals surface area contributed by atoms with Gasteiger partial charge in [0.2, 0.25) is 0 Å². The summed E-state index contributed by atoms with van der Waals surface area (Å²) in [7, 11) is 0. The van der Waals surface area contributed by atoms with E-state index >= 15 is 0 Å². The second-order valence-corrected chi connectivity index (χ2v) is 5.12. The molecule has 0 unspecified atom stereocenters. The van der Waals surface area contributed by atoms with Gasteiger partial charge in [0.1, 0.15) is 5.75 Å². The molecule has 0 atom stereocenters. The topological polar surface area (TPSA) is 60.7 Å². The van der Waals surface area contributed by atoms with Crippen LogP contribution >= 0.6 is 0 Å². The molecular weight excluding hydrogens is 264 g/mol. The Balaban J connectivity index is 2.78. The third-order valence-electron chi connectivity index (χ3n) is 4.00. The van der Waals surface area contributed by atoms with Crippen LogP contribution in [0.2, 0.25) is 0 Å². The minimum absolute atomic E-state index is 0.178. The molecule has 0 amide bonds. The summed E-state index contributed by atoms with van der Waals surface area (Å²) in [5, 5.41) is 30.3. The van der Waals surface area contributed by atoms with Crippen LogP contribution in [0.4, 0.5) is 0 Å². The largest absolute Gasteiger partial charge is 0.507 e. The van der Waals surface area contributed by atoms with E-state index in [1.807, 2.05) is 13.0 Å². The van der Waals surface area contributed by atoms with Gasteiger partial charge in [0, 0.05) is 11.1 Å². The molecule has 112 valence electrons. The lowest BCUT2D eigenvalue weighted by molar-refractivity contribution is 0.404. The summed E-state index contributed by atoms with van der Waals surface area (Å²) in [6.45, 7) is 6.18. The van der Waals surface area contributed by atoms with E-state index in [0.717, 1.165) is 24.8 Å². The predicted molar refractivity (Wildman–Crippen MR) is 85.0 cm³/mol. The number of phenols is 3. The summed E-state index contributed by atoms with van der Waals surface area (Å²) >= 11 is 0. The molecule has 0 aromatic heterocycles. The Morgan fingerprint density at radius 3 is 2.00 bits per heavy atom. The Morgan fingerprint density at radius 2 is 1.43 bits per heavy atom. The molecule has 0 bridgehead atoms. The molecule has 2 aromatic carbocycles. The van der Waals surface area contributed by atoms with Crippen molar-refractivity contribution >= 4 is 0 Å². The Labute approximate surface area is 125 Å². The summed E-state index contributed by atoms with van der Waals surface area (Å²) < 4.78 is 0. The van der Waals surface area contributed by atoms with Gasteiger partial charge in [0.05, 0.1) is 0 Å². The maximum atomic E-state index is 10.6. The molecule has 0 heterocycles. The van der Waals surface area contributed by atoms with Crippen molar-refractivity contribution in [1.29, 1.82) is 0 Å². The smallest absolute Gasteiger partial charge is 0.165 e. The average molecular weight is 286 g/mol. The maximum absolute atomic E-state index is 10.6. The van der Waals surface area contributed by atoms with Crippen molar-refractivity contribution < 1.29 is 15.3 Å². The van der Waals surface area contributed by atoms with E-state index in [4.69, 9.17) is 0 Å². The lowest BCUT2D eigenvalue weighted by Crippen LogP contribution is -2.00. The molecule has 3 heteroatoms. The zero-order valence-corrected chi connectivity index (χ0v) is 12.8. The predicted octanol–water partition coefficient (Wildman–Crippen LogP) is 4.16. The normalized spacial score (nSPS) is 10.8. The van der Waals surface area contributed by atoms with Gasteiger partial charge in [-0.05, 0) is 48.1 Å². The van der Waals surface area contributed by atoms with Gasteiger partial charge in [-0.1, -0.05) is 32.9 Å². The standard InChI is InChI=1S/C18H22O3/c1-4-11-10-15(14-8-7-9-16(19)18(14)21)17(20)13(6-3)12(11)5-2/h7-10,19-21H,4-6H2,1-3H3. The monoisotopic (exact) mass is 286 g/mol.